The van der Waals surface area contributed by atoms with Crippen LogP contribution in [-0.4, -0.2) is 21.5 Å². The molecule has 0 saturated carbocycles. The molecule has 0 unspecified atom stereocenters. The molecule has 0 amide bonds. The molecule has 1 N–H and O–H groups in total. The summed E-state index contributed by atoms with van der Waals surface area (Å²) in [5.74, 6) is -0.614. The average molecular weight is 395 g/mol. The molecular formula is C14H10Cl3NO4S. The normalized spacial score (nSPS) is 11.1. The number of methoxy groups -OCH3 is 1. The molecule has 0 aliphatic heterocycles. The molecule has 5 nitrogen and oxygen atoms in total. The molecule has 2 rings (SSSR count). The van der Waals surface area contributed by atoms with Gasteiger partial charge in [-0.3, -0.25) is 4.72 Å². The Hall–Kier alpha value is -1.47. The molecule has 0 bridgehead atoms. The Balaban J connectivity index is 2.40. The fourth-order valence-corrected chi connectivity index (χ4v) is 3.38. The fourth-order valence-electron chi connectivity index (χ4n) is 1.70. The molecule has 0 aromatic heterocycles. The maximum Gasteiger partial charge on any atom is 0.337 e. The van der Waals surface area contributed by atoms with Crippen molar-refractivity contribution in [1.82, 2.24) is 0 Å². The van der Waals surface area contributed by atoms with Crippen molar-refractivity contribution < 1.29 is 17.9 Å². The van der Waals surface area contributed by atoms with E-state index >= 15 is 0 Å². The SMILES string of the molecule is COC(=O)c1ccc(Cl)c(NS(=O)(=O)c2ccc(Cl)c(Cl)c2)c1. The summed E-state index contributed by atoms with van der Waals surface area (Å²) in [4.78, 5) is 11.4. The average Bonchev–Trinajstić information content (AvgIpc) is 2.51. The van der Waals surface area contributed by atoms with Crippen LogP contribution in [0, 0.1) is 0 Å². The van der Waals surface area contributed by atoms with E-state index in [0.29, 0.717) is 0 Å². The largest absolute Gasteiger partial charge is 0.465 e. The molecule has 0 atom stereocenters. The molecule has 0 aliphatic carbocycles. The van der Waals surface area contributed by atoms with Crippen LogP contribution in [0.1, 0.15) is 10.4 Å². The number of rotatable bonds is 4. The van der Waals surface area contributed by atoms with E-state index < -0.39 is 16.0 Å². The fraction of sp³-hybridized carbons (Fsp3) is 0.0714. The lowest BCUT2D eigenvalue weighted by Gasteiger charge is -2.11. The van der Waals surface area contributed by atoms with Crippen molar-refractivity contribution in [1.29, 1.82) is 0 Å². The first-order valence-electron chi connectivity index (χ1n) is 6.10. The van der Waals surface area contributed by atoms with Gasteiger partial charge in [-0.1, -0.05) is 34.8 Å². The minimum Gasteiger partial charge on any atom is -0.465 e. The van der Waals surface area contributed by atoms with E-state index in [1.165, 1.54) is 43.5 Å². The van der Waals surface area contributed by atoms with Crippen molar-refractivity contribution >= 4 is 56.5 Å². The van der Waals surface area contributed by atoms with Crippen LogP contribution in [0.25, 0.3) is 0 Å². The number of esters is 1. The summed E-state index contributed by atoms with van der Waals surface area (Å²) in [7, 11) is -2.74. The molecule has 9 heteroatoms. The second-order valence-corrected chi connectivity index (χ2v) is 7.27. The van der Waals surface area contributed by atoms with E-state index in [4.69, 9.17) is 34.8 Å². The Labute approximate surface area is 148 Å². The lowest BCUT2D eigenvalue weighted by molar-refractivity contribution is 0.0601. The molecule has 0 aliphatic rings. The van der Waals surface area contributed by atoms with Gasteiger partial charge in [0, 0.05) is 0 Å². The van der Waals surface area contributed by atoms with E-state index in [1.54, 1.807) is 0 Å². The molecule has 0 radical (unpaired) electrons. The molecule has 2 aromatic carbocycles. The molecular weight excluding hydrogens is 385 g/mol. The van der Waals surface area contributed by atoms with Crippen molar-refractivity contribution in [2.75, 3.05) is 11.8 Å². The Bertz CT molecular complexity index is 868. The van der Waals surface area contributed by atoms with Gasteiger partial charge in [0.2, 0.25) is 0 Å². The van der Waals surface area contributed by atoms with E-state index in [-0.39, 0.29) is 31.2 Å². The zero-order chi connectivity index (χ0) is 17.2. The smallest absolute Gasteiger partial charge is 0.337 e. The van der Waals surface area contributed by atoms with Gasteiger partial charge in [0.1, 0.15) is 0 Å². The lowest BCUT2D eigenvalue weighted by atomic mass is 10.2. The van der Waals surface area contributed by atoms with E-state index in [1.807, 2.05) is 0 Å². The highest BCUT2D eigenvalue weighted by atomic mass is 35.5. The van der Waals surface area contributed by atoms with Gasteiger partial charge in [-0.2, -0.15) is 0 Å². The van der Waals surface area contributed by atoms with Crippen LogP contribution in [-0.2, 0) is 14.8 Å². The first-order chi connectivity index (χ1) is 10.7. The van der Waals surface area contributed by atoms with Gasteiger partial charge >= 0.3 is 5.97 Å². The Morgan fingerprint density at radius 3 is 2.26 bits per heavy atom. The van der Waals surface area contributed by atoms with Crippen LogP contribution in [0.5, 0.6) is 0 Å². The zero-order valence-corrected chi connectivity index (χ0v) is 14.7. The third-order valence-corrected chi connectivity index (χ3v) is 5.26. The summed E-state index contributed by atoms with van der Waals surface area (Å²) >= 11 is 17.6. The second-order valence-electron chi connectivity index (χ2n) is 4.37. The van der Waals surface area contributed by atoms with Crippen molar-refractivity contribution in [2.45, 2.75) is 4.90 Å². The number of hydrogen-bond donors (Lipinski definition) is 1. The molecule has 0 heterocycles. The lowest BCUT2D eigenvalue weighted by Crippen LogP contribution is -2.14. The minimum atomic E-state index is -3.95. The number of hydrogen-bond acceptors (Lipinski definition) is 4. The van der Waals surface area contributed by atoms with Crippen molar-refractivity contribution in [2.24, 2.45) is 0 Å². The van der Waals surface area contributed by atoms with Crippen molar-refractivity contribution in [3.63, 3.8) is 0 Å². The van der Waals surface area contributed by atoms with Gasteiger partial charge in [0.05, 0.1) is 38.3 Å². The monoisotopic (exact) mass is 393 g/mol. The third kappa shape index (κ3) is 4.09. The van der Waals surface area contributed by atoms with Crippen LogP contribution >= 0.6 is 34.8 Å². The molecule has 2 aromatic rings. The van der Waals surface area contributed by atoms with Crippen LogP contribution in [0.3, 0.4) is 0 Å². The molecule has 122 valence electrons. The van der Waals surface area contributed by atoms with Crippen LogP contribution in [0.4, 0.5) is 5.69 Å². The van der Waals surface area contributed by atoms with Gasteiger partial charge in [0.25, 0.3) is 10.0 Å². The first kappa shape index (κ1) is 17.9. The predicted molar refractivity (Wildman–Crippen MR) is 90.1 cm³/mol. The number of carbonyl (C=O) groups excluding carboxylic acids is 1. The number of anilines is 1. The van der Waals surface area contributed by atoms with Crippen LogP contribution in [0.15, 0.2) is 41.3 Å². The number of benzene rings is 2. The third-order valence-electron chi connectivity index (χ3n) is 2.83. The first-order valence-corrected chi connectivity index (χ1v) is 8.72. The summed E-state index contributed by atoms with van der Waals surface area (Å²) in [5.41, 5.74) is 0.198. The Kier molecular flexibility index (Phi) is 5.41. The predicted octanol–water partition coefficient (Wildman–Crippen LogP) is 4.23. The zero-order valence-electron chi connectivity index (χ0n) is 11.6. The van der Waals surface area contributed by atoms with Gasteiger partial charge in [-0.15, -0.1) is 0 Å². The number of carbonyl (C=O) groups is 1. The Morgan fingerprint density at radius 1 is 1.00 bits per heavy atom. The maximum atomic E-state index is 12.4. The van der Waals surface area contributed by atoms with Gasteiger partial charge in [-0.05, 0) is 36.4 Å². The Morgan fingerprint density at radius 2 is 1.65 bits per heavy atom. The molecule has 0 saturated heterocycles. The highest BCUT2D eigenvalue weighted by molar-refractivity contribution is 7.92. The summed E-state index contributed by atoms with van der Waals surface area (Å²) in [5, 5.41) is 0.460. The van der Waals surface area contributed by atoms with Crippen molar-refractivity contribution in [3.05, 3.63) is 57.0 Å². The van der Waals surface area contributed by atoms with E-state index in [0.717, 1.165) is 0 Å². The van der Waals surface area contributed by atoms with E-state index in [9.17, 15) is 13.2 Å². The second kappa shape index (κ2) is 6.97. The quantitative estimate of drug-likeness (QED) is 0.788. The van der Waals surface area contributed by atoms with Crippen LogP contribution < -0.4 is 4.72 Å². The highest BCUT2D eigenvalue weighted by Crippen LogP contribution is 2.29. The van der Waals surface area contributed by atoms with Gasteiger partial charge in [-0.25, -0.2) is 13.2 Å². The number of sulfonamides is 1. The molecule has 0 fully saturated rings. The summed E-state index contributed by atoms with van der Waals surface area (Å²) in [6.07, 6.45) is 0. The number of nitrogens with one attached hydrogen (secondary N) is 1. The molecule has 23 heavy (non-hydrogen) atoms. The maximum absolute atomic E-state index is 12.4. The summed E-state index contributed by atoms with van der Waals surface area (Å²) < 4.78 is 31.6. The summed E-state index contributed by atoms with van der Waals surface area (Å²) in [6.45, 7) is 0. The minimum absolute atomic E-state index is 0.0423. The molecule has 0 spiro atoms. The topological polar surface area (TPSA) is 72.5 Å². The highest BCUT2D eigenvalue weighted by Gasteiger charge is 2.18. The van der Waals surface area contributed by atoms with Gasteiger partial charge < -0.3 is 4.74 Å². The standard InChI is InChI=1S/C14H10Cl3NO4S/c1-22-14(19)8-2-4-11(16)13(6-8)18-23(20,21)9-3-5-10(15)12(17)7-9/h2-7,18H,1H3. The van der Waals surface area contributed by atoms with Gasteiger partial charge in [0.15, 0.2) is 0 Å². The van der Waals surface area contributed by atoms with Crippen molar-refractivity contribution in [3.8, 4) is 0 Å². The number of halogens is 3. The number of ether oxygens (including phenoxy) is 1. The van der Waals surface area contributed by atoms with Crippen LogP contribution in [0.2, 0.25) is 15.1 Å². The van der Waals surface area contributed by atoms with E-state index in [2.05, 4.69) is 9.46 Å². The summed E-state index contributed by atoms with van der Waals surface area (Å²) in [6, 6.07) is 7.97.